The first-order valence-electron chi connectivity index (χ1n) is 2.12. The second kappa shape index (κ2) is 15.9. The van der Waals surface area contributed by atoms with Crippen LogP contribution in [0.2, 0.25) is 8.87 Å². The zero-order chi connectivity index (χ0) is 4.12. The van der Waals surface area contributed by atoms with E-state index in [-0.39, 0.29) is 32.1 Å². The molecule has 7 heavy (non-hydrogen) atoms. The fourth-order valence-corrected chi connectivity index (χ4v) is 1.68. The van der Waals surface area contributed by atoms with Gasteiger partial charge in [0, 0.05) is 0 Å². The topological polar surface area (TPSA) is 60.0 Å². The zero-order valence-electron chi connectivity index (χ0n) is 4.81. The zero-order valence-corrected chi connectivity index (χ0v) is 7.66. The van der Waals surface area contributed by atoms with Crippen molar-refractivity contribution in [3.63, 3.8) is 0 Å². The molecule has 0 aromatic carbocycles. The molecule has 0 amide bonds. The van der Waals surface area contributed by atoms with Crippen LogP contribution < -0.4 is 0 Å². The van der Waals surface area contributed by atoms with E-state index in [4.69, 9.17) is 0 Å². The molecule has 0 fully saturated rings. The van der Waals surface area contributed by atoms with Gasteiger partial charge in [-0.15, -0.1) is 0 Å². The Morgan fingerprint density at radius 2 is 1.29 bits per heavy atom. The molecule has 0 rings (SSSR count). The van der Waals surface area contributed by atoms with Crippen LogP contribution in [0.1, 0.15) is 13.8 Å². The molecular formula is C4H12O2Sn. The van der Waals surface area contributed by atoms with Crippen molar-refractivity contribution in [1.29, 1.82) is 0 Å². The van der Waals surface area contributed by atoms with Crippen LogP contribution in [0.5, 0.6) is 0 Å². The summed E-state index contributed by atoms with van der Waals surface area (Å²) in [5.41, 5.74) is 0. The summed E-state index contributed by atoms with van der Waals surface area (Å²) < 4.78 is 3.03. The van der Waals surface area contributed by atoms with Crippen molar-refractivity contribution in [3.8, 4) is 0 Å². The van der Waals surface area contributed by atoms with E-state index < -0.39 is 0 Å². The van der Waals surface area contributed by atoms with Gasteiger partial charge >= 0.3 is 43.9 Å². The van der Waals surface area contributed by atoms with Crippen LogP contribution in [-0.2, 0) is 0 Å². The summed E-state index contributed by atoms with van der Waals surface area (Å²) in [5, 5.41) is 0. The standard InChI is InChI=1S/2C2H5.2H2O.Sn/c2*1-2;;;/h2*1H2,2H3;2*1H2;/q;;;;+2/p-2. The van der Waals surface area contributed by atoms with Gasteiger partial charge in [-0.05, 0) is 0 Å². The van der Waals surface area contributed by atoms with Gasteiger partial charge < -0.3 is 11.0 Å². The molecular weight excluding hydrogens is 199 g/mol. The van der Waals surface area contributed by atoms with E-state index in [9.17, 15) is 0 Å². The van der Waals surface area contributed by atoms with Crippen LogP contribution in [0.15, 0.2) is 0 Å². The third-order valence-corrected chi connectivity index (χ3v) is 3.35. The van der Waals surface area contributed by atoms with E-state index in [0.717, 1.165) is 0 Å². The maximum atomic E-state index is 2.29. The largest absolute Gasteiger partial charge is 0.870 e. The first-order chi connectivity index (χ1) is 2.41. The van der Waals surface area contributed by atoms with Crippen LogP contribution in [-0.4, -0.2) is 32.1 Å². The van der Waals surface area contributed by atoms with Gasteiger partial charge in [0.2, 0.25) is 0 Å². The van der Waals surface area contributed by atoms with Gasteiger partial charge in [0.1, 0.15) is 0 Å². The van der Waals surface area contributed by atoms with Crippen molar-refractivity contribution in [2.45, 2.75) is 22.7 Å². The molecule has 0 saturated heterocycles. The number of hydrogen-bond acceptors (Lipinski definition) is 2. The van der Waals surface area contributed by atoms with E-state index in [2.05, 4.69) is 13.8 Å². The Morgan fingerprint density at radius 3 is 1.29 bits per heavy atom. The second-order valence-corrected chi connectivity index (χ2v) is 6.42. The SMILES string of the molecule is C[CH2][Sn+2][CH2]C.[OH-].[OH-]. The predicted molar refractivity (Wildman–Crippen MR) is 30.6 cm³/mol. The third-order valence-electron chi connectivity index (χ3n) is 0.500. The van der Waals surface area contributed by atoms with Crippen molar-refractivity contribution >= 4 is 21.1 Å². The Balaban J connectivity index is -0.0000000800. The molecule has 2 N–H and O–H groups in total. The molecule has 0 radical (unpaired) electrons. The average molecular weight is 211 g/mol. The van der Waals surface area contributed by atoms with Crippen molar-refractivity contribution < 1.29 is 11.0 Å². The van der Waals surface area contributed by atoms with E-state index in [1.807, 2.05) is 0 Å². The van der Waals surface area contributed by atoms with E-state index in [0.29, 0.717) is 0 Å². The van der Waals surface area contributed by atoms with Crippen LogP contribution in [0.25, 0.3) is 0 Å². The van der Waals surface area contributed by atoms with Crippen LogP contribution >= 0.6 is 0 Å². The van der Waals surface area contributed by atoms with Crippen molar-refractivity contribution in [2.24, 2.45) is 0 Å². The summed E-state index contributed by atoms with van der Waals surface area (Å²) in [7, 11) is 0. The molecule has 44 valence electrons. The van der Waals surface area contributed by atoms with Crippen molar-refractivity contribution in [2.75, 3.05) is 0 Å². The average Bonchev–Trinajstić information content (AvgIpc) is 1.41. The molecule has 0 aromatic heterocycles. The maximum absolute atomic E-state index is 2.29. The minimum absolute atomic E-state index is 0. The fourth-order valence-electron chi connectivity index (χ4n) is 0.250. The first-order valence-corrected chi connectivity index (χ1v) is 6.16. The van der Waals surface area contributed by atoms with Crippen molar-refractivity contribution in [1.82, 2.24) is 0 Å². The minimum atomic E-state index is 0. The molecule has 0 aliphatic carbocycles. The molecule has 0 atom stereocenters. The normalized spacial score (nSPS) is 4.86. The number of hydrogen-bond donors (Lipinski definition) is 0. The summed E-state index contributed by atoms with van der Waals surface area (Å²) in [5.74, 6) is 0. The predicted octanol–water partition coefficient (Wildman–Crippen LogP) is 1.21. The second-order valence-electron chi connectivity index (χ2n) is 0.957. The van der Waals surface area contributed by atoms with Crippen molar-refractivity contribution in [3.05, 3.63) is 0 Å². The molecule has 0 spiro atoms. The minimum Gasteiger partial charge on any atom is -0.870 e. The summed E-state index contributed by atoms with van der Waals surface area (Å²) in [6.45, 7) is 4.57. The molecule has 0 aliphatic rings. The third kappa shape index (κ3) is 20.2. The van der Waals surface area contributed by atoms with Gasteiger partial charge in [-0.25, -0.2) is 0 Å². The van der Waals surface area contributed by atoms with Gasteiger partial charge in [-0.3, -0.25) is 0 Å². The van der Waals surface area contributed by atoms with E-state index in [1.165, 1.54) is 8.87 Å². The molecule has 2 nitrogen and oxygen atoms in total. The first kappa shape index (κ1) is 15.6. The Kier molecular flexibility index (Phi) is 35.5. The van der Waals surface area contributed by atoms with Gasteiger partial charge in [0.25, 0.3) is 0 Å². The van der Waals surface area contributed by atoms with Gasteiger partial charge in [0.05, 0.1) is 0 Å². The fraction of sp³-hybridized carbons (Fsp3) is 1.00. The summed E-state index contributed by atoms with van der Waals surface area (Å²) in [6.07, 6.45) is 0. The van der Waals surface area contributed by atoms with Crippen LogP contribution in [0.3, 0.4) is 0 Å². The summed E-state index contributed by atoms with van der Waals surface area (Å²) in [4.78, 5) is 0. The quantitative estimate of drug-likeness (QED) is 0.644. The Bertz CT molecular complexity index is 17.2. The van der Waals surface area contributed by atoms with Gasteiger partial charge in [-0.1, -0.05) is 0 Å². The summed E-state index contributed by atoms with van der Waals surface area (Å²) in [6, 6.07) is 0. The molecule has 0 saturated carbocycles. The Morgan fingerprint density at radius 1 is 1.00 bits per heavy atom. The molecule has 0 heterocycles. The van der Waals surface area contributed by atoms with E-state index in [1.54, 1.807) is 0 Å². The Labute approximate surface area is 55.1 Å². The van der Waals surface area contributed by atoms with Gasteiger partial charge in [-0.2, -0.15) is 0 Å². The number of rotatable bonds is 2. The van der Waals surface area contributed by atoms with Gasteiger partial charge in [0.15, 0.2) is 0 Å². The Hall–Kier alpha value is 0.719. The molecule has 0 aromatic rings. The molecule has 0 bridgehead atoms. The summed E-state index contributed by atoms with van der Waals surface area (Å²) >= 11 is 0.218. The molecule has 0 unspecified atom stereocenters. The smallest absolute Gasteiger partial charge is 0.870 e. The van der Waals surface area contributed by atoms with E-state index >= 15 is 0 Å². The van der Waals surface area contributed by atoms with Crippen LogP contribution in [0, 0.1) is 0 Å². The molecule has 0 aliphatic heterocycles. The monoisotopic (exact) mass is 212 g/mol. The maximum Gasteiger partial charge on any atom is -0.870 e. The molecule has 3 heteroatoms. The van der Waals surface area contributed by atoms with Crippen LogP contribution in [0.4, 0.5) is 0 Å².